The predicted octanol–water partition coefficient (Wildman–Crippen LogP) is 3.78. The van der Waals surface area contributed by atoms with E-state index in [0.29, 0.717) is 6.04 Å². The van der Waals surface area contributed by atoms with Crippen LogP contribution in [0.25, 0.3) is 0 Å². The van der Waals surface area contributed by atoms with Gasteiger partial charge in [0.15, 0.2) is 5.96 Å². The van der Waals surface area contributed by atoms with E-state index in [2.05, 4.69) is 58.7 Å². The summed E-state index contributed by atoms with van der Waals surface area (Å²) in [5.41, 5.74) is 1.17. The minimum absolute atomic E-state index is 0. The molecule has 6 heteroatoms. The summed E-state index contributed by atoms with van der Waals surface area (Å²) in [5, 5.41) is 10.3. The number of nitrogens with one attached hydrogen (secondary N) is 3. The molecule has 0 amide bonds. The van der Waals surface area contributed by atoms with Crippen LogP contribution >= 0.6 is 24.0 Å². The average Bonchev–Trinajstić information content (AvgIpc) is 2.65. The first-order valence-electron chi connectivity index (χ1n) is 9.68. The number of hydrogen-bond donors (Lipinski definition) is 3. The van der Waals surface area contributed by atoms with Gasteiger partial charge in [0.2, 0.25) is 0 Å². The third kappa shape index (κ3) is 11.6. The summed E-state index contributed by atoms with van der Waals surface area (Å²) in [6, 6.07) is 10.7. The van der Waals surface area contributed by atoms with Crippen LogP contribution in [0.5, 0.6) is 0 Å². The van der Waals surface area contributed by atoms with E-state index in [0.717, 1.165) is 45.0 Å². The Hall–Kier alpha value is -1.02. The van der Waals surface area contributed by atoms with E-state index in [4.69, 9.17) is 0 Å². The summed E-state index contributed by atoms with van der Waals surface area (Å²) >= 11 is 0. The number of anilines is 1. The molecule has 0 saturated heterocycles. The number of para-hydroxylation sites is 1. The number of benzene rings is 1. The van der Waals surface area contributed by atoms with E-state index in [-0.39, 0.29) is 24.0 Å². The Bertz CT molecular complexity index is 463. The second-order valence-corrected chi connectivity index (χ2v) is 6.36. The third-order valence-corrected chi connectivity index (χ3v) is 4.36. The fourth-order valence-corrected chi connectivity index (χ4v) is 2.75. The van der Waals surface area contributed by atoms with Crippen LogP contribution in [0.15, 0.2) is 35.3 Å². The fourth-order valence-electron chi connectivity index (χ4n) is 2.75. The highest BCUT2D eigenvalue weighted by Crippen LogP contribution is 2.04. The topological polar surface area (TPSA) is 51.7 Å². The minimum atomic E-state index is 0. The maximum atomic E-state index is 4.32. The number of halogens is 1. The summed E-state index contributed by atoms with van der Waals surface area (Å²) in [7, 11) is 1.83. The molecular formula is C20H38IN5. The monoisotopic (exact) mass is 475 g/mol. The van der Waals surface area contributed by atoms with Crippen molar-refractivity contribution >= 4 is 35.6 Å². The van der Waals surface area contributed by atoms with Gasteiger partial charge in [-0.15, -0.1) is 24.0 Å². The lowest BCUT2D eigenvalue weighted by Gasteiger charge is -2.21. The van der Waals surface area contributed by atoms with Crippen molar-refractivity contribution in [3.63, 3.8) is 0 Å². The van der Waals surface area contributed by atoms with Crippen LogP contribution in [0.3, 0.4) is 0 Å². The summed E-state index contributed by atoms with van der Waals surface area (Å²) in [4.78, 5) is 6.79. The van der Waals surface area contributed by atoms with Gasteiger partial charge in [-0.25, -0.2) is 0 Å². The van der Waals surface area contributed by atoms with Crippen molar-refractivity contribution < 1.29 is 0 Å². The summed E-state index contributed by atoms with van der Waals surface area (Å²) in [6.45, 7) is 12.0. The van der Waals surface area contributed by atoms with Crippen molar-refractivity contribution in [3.05, 3.63) is 30.3 Å². The summed E-state index contributed by atoms with van der Waals surface area (Å²) in [5.74, 6) is 0.898. The Morgan fingerprint density at radius 1 is 1.08 bits per heavy atom. The van der Waals surface area contributed by atoms with Gasteiger partial charge >= 0.3 is 0 Å². The molecule has 1 aromatic carbocycles. The Morgan fingerprint density at radius 3 is 2.38 bits per heavy atom. The largest absolute Gasteiger partial charge is 0.385 e. The molecule has 1 atom stereocenters. The molecule has 0 aliphatic carbocycles. The van der Waals surface area contributed by atoms with Gasteiger partial charge in [0.1, 0.15) is 0 Å². The highest BCUT2D eigenvalue weighted by atomic mass is 127. The fraction of sp³-hybridized carbons (Fsp3) is 0.650. The van der Waals surface area contributed by atoms with Gasteiger partial charge in [-0.3, -0.25) is 4.99 Å². The zero-order chi connectivity index (χ0) is 18.3. The predicted molar refractivity (Wildman–Crippen MR) is 126 cm³/mol. The molecule has 0 radical (unpaired) electrons. The molecule has 150 valence electrons. The van der Waals surface area contributed by atoms with Gasteiger partial charge in [0.25, 0.3) is 0 Å². The molecule has 0 bridgehead atoms. The molecule has 0 aliphatic rings. The lowest BCUT2D eigenvalue weighted by atomic mass is 10.2. The van der Waals surface area contributed by atoms with Crippen LogP contribution in [0.1, 0.15) is 40.0 Å². The first-order valence-corrected chi connectivity index (χ1v) is 9.68. The van der Waals surface area contributed by atoms with Crippen LogP contribution in [-0.4, -0.2) is 56.7 Å². The second kappa shape index (κ2) is 16.2. The van der Waals surface area contributed by atoms with Gasteiger partial charge in [-0.2, -0.15) is 0 Å². The standard InChI is InChI=1S/C20H37N5.HI/c1-5-25(6-2)17-10-12-18(3)24-20(21-4)23-16-11-15-22-19-13-8-7-9-14-19;/h7-9,13-14,18,22H,5-6,10-12,15-17H2,1-4H3,(H2,21,23,24);1H. The molecular weight excluding hydrogens is 437 g/mol. The third-order valence-electron chi connectivity index (χ3n) is 4.36. The maximum Gasteiger partial charge on any atom is 0.191 e. The van der Waals surface area contributed by atoms with E-state index in [1.807, 2.05) is 25.2 Å². The minimum Gasteiger partial charge on any atom is -0.385 e. The summed E-state index contributed by atoms with van der Waals surface area (Å²) in [6.07, 6.45) is 3.42. The smallest absolute Gasteiger partial charge is 0.191 e. The SMILES string of the molecule is CCN(CC)CCCC(C)NC(=NC)NCCCNc1ccccc1.I. The quantitative estimate of drug-likeness (QED) is 0.186. The molecule has 26 heavy (non-hydrogen) atoms. The Balaban J connectivity index is 0.00000625. The molecule has 1 unspecified atom stereocenters. The summed E-state index contributed by atoms with van der Waals surface area (Å²) < 4.78 is 0. The van der Waals surface area contributed by atoms with Crippen LogP contribution in [0.4, 0.5) is 5.69 Å². The van der Waals surface area contributed by atoms with Crippen molar-refractivity contribution in [2.24, 2.45) is 4.99 Å². The van der Waals surface area contributed by atoms with Crippen LogP contribution in [0.2, 0.25) is 0 Å². The Kier molecular flexibility index (Phi) is 15.5. The number of aliphatic imine (C=N–C) groups is 1. The van der Waals surface area contributed by atoms with E-state index < -0.39 is 0 Å². The van der Waals surface area contributed by atoms with Crippen molar-refractivity contribution in [2.45, 2.75) is 46.1 Å². The van der Waals surface area contributed by atoms with Gasteiger partial charge in [-0.05, 0) is 58.0 Å². The number of hydrogen-bond acceptors (Lipinski definition) is 3. The van der Waals surface area contributed by atoms with Gasteiger partial charge in [-0.1, -0.05) is 32.0 Å². The van der Waals surface area contributed by atoms with E-state index >= 15 is 0 Å². The lowest BCUT2D eigenvalue weighted by Crippen LogP contribution is -2.43. The van der Waals surface area contributed by atoms with Crippen molar-refractivity contribution in [1.29, 1.82) is 0 Å². The maximum absolute atomic E-state index is 4.32. The van der Waals surface area contributed by atoms with E-state index in [1.54, 1.807) is 0 Å². The first kappa shape index (κ1) is 25.0. The second-order valence-electron chi connectivity index (χ2n) is 6.36. The van der Waals surface area contributed by atoms with Crippen molar-refractivity contribution in [3.8, 4) is 0 Å². The van der Waals surface area contributed by atoms with Crippen molar-refractivity contribution in [2.75, 3.05) is 45.1 Å². The van der Waals surface area contributed by atoms with Gasteiger partial charge < -0.3 is 20.9 Å². The average molecular weight is 475 g/mol. The van der Waals surface area contributed by atoms with Gasteiger partial charge in [0.05, 0.1) is 0 Å². The van der Waals surface area contributed by atoms with Crippen LogP contribution < -0.4 is 16.0 Å². The van der Waals surface area contributed by atoms with Crippen LogP contribution in [0, 0.1) is 0 Å². The van der Waals surface area contributed by atoms with E-state index in [1.165, 1.54) is 18.7 Å². The molecule has 0 spiro atoms. The number of guanidine groups is 1. The normalized spacial score (nSPS) is 12.4. The van der Waals surface area contributed by atoms with Crippen molar-refractivity contribution in [1.82, 2.24) is 15.5 Å². The lowest BCUT2D eigenvalue weighted by molar-refractivity contribution is 0.292. The van der Waals surface area contributed by atoms with Crippen LogP contribution in [-0.2, 0) is 0 Å². The zero-order valence-corrected chi connectivity index (χ0v) is 19.3. The molecule has 0 heterocycles. The zero-order valence-electron chi connectivity index (χ0n) is 16.9. The first-order chi connectivity index (χ1) is 12.2. The molecule has 3 N–H and O–H groups in total. The molecule has 0 aliphatic heterocycles. The molecule has 5 nitrogen and oxygen atoms in total. The Morgan fingerprint density at radius 2 is 1.77 bits per heavy atom. The van der Waals surface area contributed by atoms with E-state index in [9.17, 15) is 0 Å². The highest BCUT2D eigenvalue weighted by molar-refractivity contribution is 14.0. The molecule has 1 rings (SSSR count). The Labute approximate surface area is 177 Å². The molecule has 0 saturated carbocycles. The van der Waals surface area contributed by atoms with Gasteiger partial charge in [0, 0.05) is 31.9 Å². The molecule has 0 fully saturated rings. The molecule has 0 aromatic heterocycles. The highest BCUT2D eigenvalue weighted by Gasteiger charge is 2.06. The number of nitrogens with zero attached hydrogens (tertiary/aromatic N) is 2. The number of rotatable bonds is 12. The molecule has 1 aromatic rings.